The minimum atomic E-state index is -0.773. The second-order valence-electron chi connectivity index (χ2n) is 8.38. The number of anilines is 2. The predicted octanol–water partition coefficient (Wildman–Crippen LogP) is 5.02. The van der Waals surface area contributed by atoms with Crippen LogP contribution in [-0.4, -0.2) is 84.9 Å². The zero-order chi connectivity index (χ0) is 24.3. The minimum Gasteiger partial charge on any atom is -0.481 e. The lowest BCUT2D eigenvalue weighted by Crippen LogP contribution is -2.47. The molecule has 0 aliphatic carbocycles. The number of β-amino-alcohol motifs (C(OH)–C–C–N with tert-alkyl or cyclic N) is 1. The highest BCUT2D eigenvalue weighted by molar-refractivity contribution is 7.99. The molecule has 2 aromatic carbocycles. The molecule has 37 heavy (non-hydrogen) atoms. The van der Waals surface area contributed by atoms with Crippen LogP contribution in [0.3, 0.4) is 0 Å². The summed E-state index contributed by atoms with van der Waals surface area (Å²) in [6.45, 7) is 7.92. The van der Waals surface area contributed by atoms with Crippen LogP contribution in [-0.2, 0) is 4.79 Å². The topological polar surface area (TPSA) is 93.3 Å². The van der Waals surface area contributed by atoms with Gasteiger partial charge in [0.15, 0.2) is 0 Å². The first-order valence-corrected chi connectivity index (χ1v) is 13.0. The molecule has 0 saturated carbocycles. The molecule has 2 heterocycles. The molecule has 0 spiro atoms. The highest BCUT2D eigenvalue weighted by Gasteiger charge is 2.23. The van der Waals surface area contributed by atoms with E-state index in [9.17, 15) is 4.79 Å². The van der Waals surface area contributed by atoms with Crippen LogP contribution in [0, 0.1) is 0 Å². The third kappa shape index (κ3) is 11.4. The van der Waals surface area contributed by atoms with E-state index in [1.165, 1.54) is 21.2 Å². The average molecular weight is 616 g/mol. The fraction of sp³-hybridized carbons (Fsp3) is 0.480. The summed E-state index contributed by atoms with van der Waals surface area (Å²) in [7, 11) is 0. The molecule has 0 atom stereocenters. The van der Waals surface area contributed by atoms with E-state index in [1.54, 1.807) is 0 Å². The predicted molar refractivity (Wildman–Crippen MR) is 161 cm³/mol. The molecular weight excluding hydrogens is 578 g/mol. The van der Waals surface area contributed by atoms with Crippen molar-refractivity contribution in [1.29, 1.82) is 0 Å². The molecule has 2 aromatic rings. The van der Waals surface area contributed by atoms with Gasteiger partial charge in [0.1, 0.15) is 0 Å². The van der Waals surface area contributed by atoms with Gasteiger partial charge in [0.05, 0.1) is 18.0 Å². The molecule has 0 radical (unpaired) electrons. The summed E-state index contributed by atoms with van der Waals surface area (Å²) in [5, 5.41) is 17.9. The second-order valence-corrected chi connectivity index (χ2v) is 9.90. The van der Waals surface area contributed by atoms with Gasteiger partial charge >= 0.3 is 5.97 Å². The number of rotatable bonds is 9. The lowest BCUT2D eigenvalue weighted by Gasteiger charge is -2.36. The highest BCUT2D eigenvalue weighted by atomic mass is 35.5. The standard InChI is InChI=1S/C21H26ClN3OS.C4H9NO2.3ClH/c22-17-6-7-21-19(16-17)25(18-4-1-2-5-20(18)27-21)9-3-8-23-10-12-24(13-11-23)14-15-26;5-3-1-2-4(6)7;;;/h1-2,4-7,16,26H,3,8-15H2;1-3,5H2,(H,6,7);3*1H. The van der Waals surface area contributed by atoms with Crippen molar-refractivity contribution in [3.63, 3.8) is 0 Å². The number of hydrogen-bond acceptors (Lipinski definition) is 7. The Morgan fingerprint density at radius 2 is 1.51 bits per heavy atom. The Labute approximate surface area is 247 Å². The monoisotopic (exact) mass is 614 g/mol. The van der Waals surface area contributed by atoms with Gasteiger partial charge < -0.3 is 25.7 Å². The molecule has 4 rings (SSSR count). The van der Waals surface area contributed by atoms with Gasteiger partial charge in [-0.3, -0.25) is 9.69 Å². The maximum absolute atomic E-state index is 9.70. The van der Waals surface area contributed by atoms with Crippen LogP contribution >= 0.6 is 60.6 Å². The SMILES string of the molecule is Cl.Cl.Cl.NCCCC(=O)O.OCCN1CCN(CCCN2c3ccccc3Sc3ccc(Cl)cc32)CC1. The minimum absolute atomic E-state index is 0. The molecule has 1 saturated heterocycles. The number of nitrogens with two attached hydrogens (primary N) is 1. The molecule has 210 valence electrons. The lowest BCUT2D eigenvalue weighted by atomic mass is 10.2. The van der Waals surface area contributed by atoms with E-state index in [4.69, 9.17) is 27.5 Å². The van der Waals surface area contributed by atoms with Crippen molar-refractivity contribution in [2.24, 2.45) is 5.73 Å². The van der Waals surface area contributed by atoms with Crippen molar-refractivity contribution in [2.45, 2.75) is 29.1 Å². The third-order valence-electron chi connectivity index (χ3n) is 5.92. The smallest absolute Gasteiger partial charge is 0.303 e. The molecule has 4 N–H and O–H groups in total. The maximum Gasteiger partial charge on any atom is 0.303 e. The molecule has 7 nitrogen and oxygen atoms in total. The van der Waals surface area contributed by atoms with E-state index in [-0.39, 0.29) is 50.2 Å². The van der Waals surface area contributed by atoms with Crippen molar-refractivity contribution in [3.8, 4) is 0 Å². The number of fused-ring (bicyclic) bond motifs is 2. The van der Waals surface area contributed by atoms with Crippen molar-refractivity contribution >= 4 is 77.9 Å². The van der Waals surface area contributed by atoms with Gasteiger partial charge in [0, 0.05) is 60.5 Å². The number of hydrogen-bond donors (Lipinski definition) is 3. The van der Waals surface area contributed by atoms with Crippen LogP contribution in [0.4, 0.5) is 11.4 Å². The molecule has 0 aromatic heterocycles. The zero-order valence-corrected chi connectivity index (χ0v) is 24.8. The summed E-state index contributed by atoms with van der Waals surface area (Å²) >= 11 is 8.12. The first-order chi connectivity index (χ1) is 16.5. The van der Waals surface area contributed by atoms with Gasteiger partial charge in [0.2, 0.25) is 0 Å². The fourth-order valence-corrected chi connectivity index (χ4v) is 5.37. The molecule has 0 amide bonds. The number of carboxylic acid groups (broad SMARTS) is 1. The molecular formula is C25H38Cl4N4O3S. The maximum atomic E-state index is 9.70. The molecule has 12 heteroatoms. The van der Waals surface area contributed by atoms with Crippen LogP contribution in [0.15, 0.2) is 52.3 Å². The number of halogens is 4. The summed E-state index contributed by atoms with van der Waals surface area (Å²) < 4.78 is 0. The number of benzene rings is 2. The number of aliphatic hydroxyl groups is 1. The van der Waals surface area contributed by atoms with Gasteiger partial charge in [0.25, 0.3) is 0 Å². The first-order valence-electron chi connectivity index (χ1n) is 11.8. The Balaban J connectivity index is 0.00000115. The lowest BCUT2D eigenvalue weighted by molar-refractivity contribution is -0.137. The Morgan fingerprint density at radius 3 is 2.11 bits per heavy atom. The average Bonchev–Trinajstić information content (AvgIpc) is 2.84. The number of piperazine rings is 1. The molecule has 0 bridgehead atoms. The summed E-state index contributed by atoms with van der Waals surface area (Å²) in [6, 6.07) is 14.8. The van der Waals surface area contributed by atoms with Crippen LogP contribution in [0.25, 0.3) is 0 Å². The Hall–Kier alpha value is -0.940. The van der Waals surface area contributed by atoms with Gasteiger partial charge in [-0.15, -0.1) is 37.2 Å². The number of nitrogens with zero attached hydrogens (tertiary/aromatic N) is 3. The highest BCUT2D eigenvalue weighted by Crippen LogP contribution is 2.48. The third-order valence-corrected chi connectivity index (χ3v) is 7.29. The van der Waals surface area contributed by atoms with Crippen molar-refractivity contribution in [2.75, 3.05) is 63.9 Å². The van der Waals surface area contributed by atoms with Gasteiger partial charge in [-0.05, 0) is 56.3 Å². The summed E-state index contributed by atoms with van der Waals surface area (Å²) in [4.78, 5) is 19.6. The Kier molecular flexibility index (Phi) is 18.7. The van der Waals surface area contributed by atoms with E-state index in [0.29, 0.717) is 13.0 Å². The molecule has 1 fully saturated rings. The number of para-hydroxylation sites is 1. The van der Waals surface area contributed by atoms with Gasteiger partial charge in [-0.2, -0.15) is 0 Å². The number of aliphatic carboxylic acids is 1. The first kappa shape index (κ1) is 36.1. The fourth-order valence-electron chi connectivity index (χ4n) is 4.13. The van der Waals surface area contributed by atoms with Crippen molar-refractivity contribution < 1.29 is 15.0 Å². The number of carbonyl (C=O) groups is 1. The van der Waals surface area contributed by atoms with Gasteiger partial charge in [-0.25, -0.2) is 0 Å². The summed E-state index contributed by atoms with van der Waals surface area (Å²) in [6.07, 6.45) is 1.89. The molecule has 2 aliphatic heterocycles. The number of carboxylic acids is 1. The van der Waals surface area contributed by atoms with Crippen LogP contribution in [0.2, 0.25) is 5.02 Å². The quantitative estimate of drug-likeness (QED) is 0.362. The molecule has 2 aliphatic rings. The normalized spacial score (nSPS) is 14.5. The van der Waals surface area contributed by atoms with Crippen LogP contribution < -0.4 is 10.6 Å². The largest absolute Gasteiger partial charge is 0.481 e. The zero-order valence-electron chi connectivity index (χ0n) is 20.8. The van der Waals surface area contributed by atoms with Crippen molar-refractivity contribution in [3.05, 3.63) is 47.5 Å². The second kappa shape index (κ2) is 19.2. The molecule has 0 unspecified atom stereocenters. The van der Waals surface area contributed by atoms with Gasteiger partial charge in [-0.1, -0.05) is 35.5 Å². The Bertz CT molecular complexity index is 937. The van der Waals surface area contributed by atoms with E-state index in [0.717, 1.165) is 57.3 Å². The van der Waals surface area contributed by atoms with Crippen molar-refractivity contribution in [1.82, 2.24) is 9.80 Å². The van der Waals surface area contributed by atoms with Crippen LogP contribution in [0.5, 0.6) is 0 Å². The van der Waals surface area contributed by atoms with Crippen LogP contribution in [0.1, 0.15) is 19.3 Å². The van der Waals surface area contributed by atoms with E-state index in [2.05, 4.69) is 51.1 Å². The summed E-state index contributed by atoms with van der Waals surface area (Å²) in [5.41, 5.74) is 7.52. The van der Waals surface area contributed by atoms with E-state index in [1.807, 2.05) is 17.8 Å². The Morgan fingerprint density at radius 1 is 0.892 bits per heavy atom. The van der Waals surface area contributed by atoms with E-state index >= 15 is 0 Å². The number of aliphatic hydroxyl groups excluding tert-OH is 1. The summed E-state index contributed by atoms with van der Waals surface area (Å²) in [5.74, 6) is -0.773. The van der Waals surface area contributed by atoms with E-state index < -0.39 is 5.97 Å².